The highest BCUT2D eigenvalue weighted by atomic mass is 15.2. The van der Waals surface area contributed by atoms with Gasteiger partial charge in [0.2, 0.25) is 0 Å². The molecule has 2 heterocycles. The second-order valence-corrected chi connectivity index (χ2v) is 6.51. The maximum atomic E-state index is 3.43. The summed E-state index contributed by atoms with van der Waals surface area (Å²) in [5.41, 5.74) is 5.88. The van der Waals surface area contributed by atoms with Crippen molar-refractivity contribution in [3.05, 3.63) is 35.0 Å². The van der Waals surface area contributed by atoms with E-state index in [2.05, 4.69) is 60.9 Å². The molecule has 0 unspecified atom stereocenters. The molecule has 0 saturated heterocycles. The van der Waals surface area contributed by atoms with Crippen LogP contribution in [0.2, 0.25) is 0 Å². The van der Waals surface area contributed by atoms with Crippen molar-refractivity contribution in [1.82, 2.24) is 14.8 Å². The summed E-state index contributed by atoms with van der Waals surface area (Å²) < 4.78 is 2.29. The average molecular weight is 285 g/mol. The molecule has 1 aliphatic heterocycles. The molecule has 0 spiro atoms. The molecule has 1 aliphatic rings. The van der Waals surface area contributed by atoms with Crippen molar-refractivity contribution in [2.75, 3.05) is 13.1 Å². The third kappa shape index (κ3) is 2.72. The summed E-state index contributed by atoms with van der Waals surface area (Å²) in [5.74, 6) is 0. The Kier molecular flexibility index (Phi) is 4.05. The Balaban J connectivity index is 1.93. The number of fused-ring (bicyclic) bond motifs is 2. The van der Waals surface area contributed by atoms with Gasteiger partial charge in [-0.25, -0.2) is 0 Å². The van der Waals surface area contributed by atoms with Gasteiger partial charge in [-0.15, -0.1) is 0 Å². The Morgan fingerprint density at radius 2 is 1.90 bits per heavy atom. The highest BCUT2D eigenvalue weighted by Gasteiger charge is 2.22. The molecule has 2 aromatic rings. The molecule has 114 valence electrons. The van der Waals surface area contributed by atoms with Gasteiger partial charge in [-0.1, -0.05) is 6.92 Å². The summed E-state index contributed by atoms with van der Waals surface area (Å²) in [7, 11) is 2.17. The predicted molar refractivity (Wildman–Crippen MR) is 89.5 cm³/mol. The summed E-state index contributed by atoms with van der Waals surface area (Å²) in [6.45, 7) is 11.0. The number of likely N-dealkylation sites (N-methyl/N-ethyl adjacent to an activating group) is 1. The molecule has 0 aliphatic carbocycles. The Labute approximate surface area is 127 Å². The molecule has 3 nitrogen and oxygen atoms in total. The Hall–Kier alpha value is -1.32. The fourth-order valence-corrected chi connectivity index (χ4v) is 3.35. The van der Waals surface area contributed by atoms with E-state index in [-0.39, 0.29) is 0 Å². The molecule has 21 heavy (non-hydrogen) atoms. The van der Waals surface area contributed by atoms with Crippen LogP contribution >= 0.6 is 0 Å². The number of rotatable bonds is 5. The number of nitrogens with one attached hydrogen (secondary N) is 1. The highest BCUT2D eigenvalue weighted by molar-refractivity contribution is 5.85. The van der Waals surface area contributed by atoms with Crippen molar-refractivity contribution in [2.45, 2.75) is 46.3 Å². The van der Waals surface area contributed by atoms with E-state index < -0.39 is 0 Å². The maximum absolute atomic E-state index is 3.43. The van der Waals surface area contributed by atoms with Crippen LogP contribution in [-0.4, -0.2) is 28.6 Å². The van der Waals surface area contributed by atoms with Gasteiger partial charge >= 0.3 is 0 Å². The van der Waals surface area contributed by atoms with Crippen molar-refractivity contribution < 1.29 is 0 Å². The molecular weight excluding hydrogens is 258 g/mol. The van der Waals surface area contributed by atoms with Crippen LogP contribution in [0.4, 0.5) is 0 Å². The number of benzene rings is 1. The fourth-order valence-electron chi connectivity index (χ4n) is 3.35. The molecule has 0 atom stereocenters. The first-order valence-corrected chi connectivity index (χ1v) is 8.14. The maximum Gasteiger partial charge on any atom is 0.0484 e. The van der Waals surface area contributed by atoms with Gasteiger partial charge in [-0.2, -0.15) is 0 Å². The van der Waals surface area contributed by atoms with Crippen molar-refractivity contribution >= 4 is 10.9 Å². The zero-order chi connectivity index (χ0) is 15.0. The summed E-state index contributed by atoms with van der Waals surface area (Å²) in [6.07, 6.45) is 3.41. The van der Waals surface area contributed by atoms with E-state index >= 15 is 0 Å². The molecule has 0 radical (unpaired) electrons. The van der Waals surface area contributed by atoms with E-state index in [1.807, 2.05) is 0 Å². The molecule has 1 N–H and O–H groups in total. The van der Waals surface area contributed by atoms with Crippen LogP contribution < -0.4 is 5.32 Å². The summed E-state index contributed by atoms with van der Waals surface area (Å²) in [6, 6.07) is 5.46. The van der Waals surface area contributed by atoms with Crippen molar-refractivity contribution in [2.24, 2.45) is 7.05 Å². The zero-order valence-electron chi connectivity index (χ0n) is 13.7. The first-order valence-electron chi connectivity index (χ1n) is 8.14. The highest BCUT2D eigenvalue weighted by Crippen LogP contribution is 2.31. The molecule has 0 amide bonds. The number of hydrogen-bond acceptors (Lipinski definition) is 2. The summed E-state index contributed by atoms with van der Waals surface area (Å²) >= 11 is 0. The molecule has 0 bridgehead atoms. The molecule has 1 aromatic heterocycles. The number of nitrogens with zero attached hydrogens (tertiary/aromatic N) is 2. The van der Waals surface area contributed by atoms with E-state index in [0.717, 1.165) is 32.6 Å². The van der Waals surface area contributed by atoms with Crippen molar-refractivity contribution in [3.63, 3.8) is 0 Å². The molecule has 1 aromatic carbocycles. The normalized spacial score (nSPS) is 15.3. The van der Waals surface area contributed by atoms with E-state index in [9.17, 15) is 0 Å². The van der Waals surface area contributed by atoms with Crippen molar-refractivity contribution in [3.8, 4) is 0 Å². The lowest BCUT2D eigenvalue weighted by Gasteiger charge is -2.18. The minimum atomic E-state index is 0.619. The zero-order valence-corrected chi connectivity index (χ0v) is 13.7. The van der Waals surface area contributed by atoms with E-state index in [1.54, 1.807) is 0 Å². The van der Waals surface area contributed by atoms with Gasteiger partial charge < -0.3 is 9.88 Å². The third-order valence-corrected chi connectivity index (χ3v) is 4.69. The van der Waals surface area contributed by atoms with Crippen LogP contribution in [0.1, 0.15) is 37.5 Å². The molecular formula is C18H27N3. The lowest BCUT2D eigenvalue weighted by atomic mass is 10.0. The Bertz CT molecular complexity index is 639. The van der Waals surface area contributed by atoms with Crippen LogP contribution in [0.5, 0.6) is 0 Å². The van der Waals surface area contributed by atoms with Gasteiger partial charge in [0.15, 0.2) is 0 Å². The summed E-state index contributed by atoms with van der Waals surface area (Å²) in [5, 5.41) is 4.87. The van der Waals surface area contributed by atoms with E-state index in [4.69, 9.17) is 0 Å². The van der Waals surface area contributed by atoms with Gasteiger partial charge in [0.1, 0.15) is 0 Å². The first kappa shape index (κ1) is 14.6. The minimum absolute atomic E-state index is 0.619. The van der Waals surface area contributed by atoms with E-state index in [0.29, 0.717) is 6.04 Å². The Morgan fingerprint density at radius 1 is 1.19 bits per heavy atom. The number of aryl methyl sites for hydroxylation is 1. The molecule has 0 fully saturated rings. The number of hydrogen-bond donors (Lipinski definition) is 1. The topological polar surface area (TPSA) is 20.2 Å². The average Bonchev–Trinajstić information content (AvgIpc) is 2.99. The lowest BCUT2D eigenvalue weighted by molar-refractivity contribution is 0.227. The summed E-state index contributed by atoms with van der Waals surface area (Å²) in [4.78, 5) is 2.54. The quantitative estimate of drug-likeness (QED) is 0.852. The van der Waals surface area contributed by atoms with Gasteiger partial charge in [-0.05, 0) is 62.2 Å². The van der Waals surface area contributed by atoms with Gasteiger partial charge in [0, 0.05) is 43.3 Å². The largest absolute Gasteiger partial charge is 0.350 e. The fraction of sp³-hybridized carbons (Fsp3) is 0.556. The van der Waals surface area contributed by atoms with Gasteiger partial charge in [0.05, 0.1) is 0 Å². The molecule has 0 saturated carbocycles. The Morgan fingerprint density at radius 3 is 2.57 bits per heavy atom. The standard InChI is InChI=1S/C18H27N3/c1-5-19-7-6-14-10-20(4)18-9-16-12-21(13(2)3)11-15(16)8-17(14)18/h8-10,13,19H,5-7,11-12H2,1-4H3. The van der Waals surface area contributed by atoms with Crippen molar-refractivity contribution in [1.29, 1.82) is 0 Å². The second kappa shape index (κ2) is 5.82. The monoisotopic (exact) mass is 285 g/mol. The third-order valence-electron chi connectivity index (χ3n) is 4.69. The van der Waals surface area contributed by atoms with Gasteiger partial charge in [0.25, 0.3) is 0 Å². The lowest BCUT2D eigenvalue weighted by Crippen LogP contribution is -2.24. The first-order chi connectivity index (χ1) is 10.1. The van der Waals surface area contributed by atoms with Crippen LogP contribution in [0.15, 0.2) is 18.3 Å². The van der Waals surface area contributed by atoms with Crippen LogP contribution in [-0.2, 0) is 26.6 Å². The SMILES string of the molecule is CCNCCc1cn(C)c2cc3c(cc12)CN(C(C)C)C3. The predicted octanol–water partition coefficient (Wildman–Crippen LogP) is 3.05. The van der Waals surface area contributed by atoms with E-state index in [1.165, 1.54) is 27.6 Å². The smallest absolute Gasteiger partial charge is 0.0484 e. The minimum Gasteiger partial charge on any atom is -0.350 e. The van der Waals surface area contributed by atoms with Crippen LogP contribution in [0.3, 0.4) is 0 Å². The molecule has 3 heteroatoms. The van der Waals surface area contributed by atoms with Crippen LogP contribution in [0, 0.1) is 0 Å². The van der Waals surface area contributed by atoms with Gasteiger partial charge in [-0.3, -0.25) is 4.90 Å². The second-order valence-electron chi connectivity index (χ2n) is 6.51. The molecule has 3 rings (SSSR count). The number of aromatic nitrogens is 1. The van der Waals surface area contributed by atoms with Crippen LogP contribution in [0.25, 0.3) is 10.9 Å².